The number of alkyl halides is 3. The second kappa shape index (κ2) is 9.56. The van der Waals surface area contributed by atoms with Gasteiger partial charge in [-0.15, -0.1) is 11.8 Å². The molecule has 4 aromatic rings. The van der Waals surface area contributed by atoms with Crippen LogP contribution in [0.5, 0.6) is 0 Å². The van der Waals surface area contributed by atoms with E-state index in [-0.39, 0.29) is 16.2 Å². The van der Waals surface area contributed by atoms with Crippen LogP contribution in [0.25, 0.3) is 22.4 Å². The van der Waals surface area contributed by atoms with Gasteiger partial charge in [0.25, 0.3) is 5.91 Å². The topological polar surface area (TPSA) is 108 Å². The molecule has 2 aromatic carbocycles. The Bertz CT molecular complexity index is 1340. The Labute approximate surface area is 195 Å². The third-order valence-electron chi connectivity index (χ3n) is 4.88. The summed E-state index contributed by atoms with van der Waals surface area (Å²) in [5, 5.41) is 11.9. The van der Waals surface area contributed by atoms with Crippen LogP contribution in [-0.4, -0.2) is 43.7 Å². The second-order valence-corrected chi connectivity index (χ2v) is 8.35. The van der Waals surface area contributed by atoms with Crippen molar-refractivity contribution in [1.29, 1.82) is 0 Å². The molecule has 0 saturated heterocycles. The predicted octanol–water partition coefficient (Wildman–Crippen LogP) is 4.62. The quantitative estimate of drug-likeness (QED) is 0.329. The summed E-state index contributed by atoms with van der Waals surface area (Å²) in [4.78, 5) is 36.1. The second-order valence-electron chi connectivity index (χ2n) is 7.25. The molecule has 3 N–H and O–H groups in total. The molecule has 0 aliphatic carbocycles. The Morgan fingerprint density at radius 2 is 1.85 bits per heavy atom. The maximum absolute atomic E-state index is 12.9. The number of carboxylic acid groups (broad SMARTS) is 1. The van der Waals surface area contributed by atoms with E-state index in [4.69, 9.17) is 0 Å². The Morgan fingerprint density at radius 3 is 2.56 bits per heavy atom. The van der Waals surface area contributed by atoms with Crippen molar-refractivity contribution >= 4 is 34.7 Å². The lowest BCUT2D eigenvalue weighted by molar-refractivity contribution is -0.139. The molecule has 0 aliphatic heterocycles. The molecule has 0 unspecified atom stereocenters. The van der Waals surface area contributed by atoms with Crippen molar-refractivity contribution < 1.29 is 27.9 Å². The van der Waals surface area contributed by atoms with Gasteiger partial charge in [0.1, 0.15) is 11.9 Å². The van der Waals surface area contributed by atoms with E-state index in [9.17, 15) is 27.9 Å². The van der Waals surface area contributed by atoms with Crippen LogP contribution in [0.1, 0.15) is 15.9 Å². The van der Waals surface area contributed by atoms with Crippen molar-refractivity contribution in [3.63, 3.8) is 0 Å². The Balaban J connectivity index is 1.47. The van der Waals surface area contributed by atoms with Crippen LogP contribution >= 0.6 is 11.8 Å². The molecule has 0 aliphatic rings. The van der Waals surface area contributed by atoms with Gasteiger partial charge < -0.3 is 15.4 Å². The van der Waals surface area contributed by atoms with Crippen LogP contribution in [0.2, 0.25) is 0 Å². The molecule has 0 spiro atoms. The van der Waals surface area contributed by atoms with Crippen molar-refractivity contribution in [3.05, 3.63) is 78.1 Å². The number of thioether (sulfide) groups is 1. The molecule has 0 radical (unpaired) electrons. The van der Waals surface area contributed by atoms with E-state index < -0.39 is 29.7 Å². The molecule has 0 saturated carbocycles. The van der Waals surface area contributed by atoms with Gasteiger partial charge in [-0.25, -0.2) is 9.78 Å². The van der Waals surface area contributed by atoms with E-state index in [1.54, 1.807) is 36.7 Å². The zero-order chi connectivity index (χ0) is 24.3. The maximum atomic E-state index is 12.9. The number of nitrogens with zero attached hydrogens (tertiary/aromatic N) is 2. The van der Waals surface area contributed by atoms with Gasteiger partial charge >= 0.3 is 12.1 Å². The molecule has 0 bridgehead atoms. The predicted molar refractivity (Wildman–Crippen MR) is 120 cm³/mol. The Morgan fingerprint density at radius 1 is 1.09 bits per heavy atom. The number of fused-ring (bicyclic) bond motifs is 1. The summed E-state index contributed by atoms with van der Waals surface area (Å²) in [5.41, 5.74) is 1.41. The number of pyridine rings is 1. The third kappa shape index (κ3) is 5.37. The summed E-state index contributed by atoms with van der Waals surface area (Å²) in [7, 11) is 0. The Hall–Kier alpha value is -3.86. The average molecular weight is 486 g/mol. The number of amides is 1. The number of carbonyl (C=O) groups is 2. The molecular formula is C23H17F3N4O3S. The molecule has 11 heteroatoms. The Kier molecular flexibility index (Phi) is 6.55. The van der Waals surface area contributed by atoms with Gasteiger partial charge in [0.15, 0.2) is 0 Å². The SMILES string of the molecule is O=C(N[C@@H](CSc1cccc(C(F)(F)F)c1)C(=O)O)c1ccc2nc(-c3ccncc3)[nH]c2c1. The number of H-pyrrole nitrogens is 1. The number of aromatic amines is 1. The van der Waals surface area contributed by atoms with Gasteiger partial charge in [-0.1, -0.05) is 6.07 Å². The van der Waals surface area contributed by atoms with E-state index >= 15 is 0 Å². The summed E-state index contributed by atoms with van der Waals surface area (Å²) in [5.74, 6) is -1.48. The fraction of sp³-hybridized carbons (Fsp3) is 0.130. The first-order valence-electron chi connectivity index (χ1n) is 9.94. The highest BCUT2D eigenvalue weighted by molar-refractivity contribution is 7.99. The van der Waals surface area contributed by atoms with Crippen molar-refractivity contribution in [2.75, 3.05) is 5.75 Å². The minimum Gasteiger partial charge on any atom is -0.480 e. The van der Waals surface area contributed by atoms with Crippen LogP contribution in [0, 0.1) is 0 Å². The van der Waals surface area contributed by atoms with Crippen molar-refractivity contribution in [3.8, 4) is 11.4 Å². The summed E-state index contributed by atoms with van der Waals surface area (Å²) in [6, 6.07) is 11.6. The van der Waals surface area contributed by atoms with Crippen molar-refractivity contribution in [1.82, 2.24) is 20.3 Å². The molecule has 7 nitrogen and oxygen atoms in total. The highest BCUT2D eigenvalue weighted by Crippen LogP contribution is 2.32. The van der Waals surface area contributed by atoms with Crippen LogP contribution < -0.4 is 5.32 Å². The minimum atomic E-state index is -4.50. The van der Waals surface area contributed by atoms with Crippen LogP contribution in [0.4, 0.5) is 13.2 Å². The lowest BCUT2D eigenvalue weighted by Crippen LogP contribution is -2.42. The van der Waals surface area contributed by atoms with Crippen molar-refractivity contribution in [2.24, 2.45) is 0 Å². The molecule has 2 heterocycles. The number of hydrogen-bond donors (Lipinski definition) is 3. The van der Waals surface area contributed by atoms with Gasteiger partial charge in [0.2, 0.25) is 0 Å². The molecule has 0 fully saturated rings. The standard InChI is InChI=1S/C23H17F3N4O3S/c24-23(25,26)15-2-1-3-16(11-15)34-12-19(22(32)33)30-21(31)14-4-5-17-18(10-14)29-20(28-17)13-6-8-27-9-7-13/h1-11,19H,12H2,(H,28,29)(H,30,31)(H,32,33)/t19-/m0/s1. The molecule has 4 rings (SSSR count). The highest BCUT2D eigenvalue weighted by atomic mass is 32.2. The number of rotatable bonds is 7. The molecule has 174 valence electrons. The van der Waals surface area contributed by atoms with Gasteiger partial charge in [0.05, 0.1) is 16.6 Å². The first-order valence-corrected chi connectivity index (χ1v) is 10.9. The summed E-state index contributed by atoms with van der Waals surface area (Å²) < 4.78 is 38.7. The van der Waals surface area contributed by atoms with Crippen molar-refractivity contribution in [2.45, 2.75) is 17.1 Å². The van der Waals surface area contributed by atoms with Gasteiger partial charge in [-0.3, -0.25) is 9.78 Å². The first-order chi connectivity index (χ1) is 16.2. The summed E-state index contributed by atoms with van der Waals surface area (Å²) in [6.45, 7) is 0. The monoisotopic (exact) mass is 486 g/mol. The molecule has 2 aromatic heterocycles. The van der Waals surface area contributed by atoms with Gasteiger partial charge in [-0.05, 0) is 48.5 Å². The average Bonchev–Trinajstić information content (AvgIpc) is 3.25. The van der Waals surface area contributed by atoms with Crippen LogP contribution in [0.15, 0.2) is 71.9 Å². The fourth-order valence-electron chi connectivity index (χ4n) is 3.16. The smallest absolute Gasteiger partial charge is 0.416 e. The highest BCUT2D eigenvalue weighted by Gasteiger charge is 2.30. The molecule has 34 heavy (non-hydrogen) atoms. The zero-order valence-corrected chi connectivity index (χ0v) is 18.2. The number of halogens is 3. The number of hydrogen-bond acceptors (Lipinski definition) is 5. The van der Waals surface area contributed by atoms with E-state index in [1.807, 2.05) is 0 Å². The number of carbonyl (C=O) groups excluding carboxylic acids is 1. The first kappa shape index (κ1) is 23.3. The molecule has 1 amide bonds. The third-order valence-corrected chi connectivity index (χ3v) is 5.97. The van der Waals surface area contributed by atoms with E-state index in [2.05, 4.69) is 20.3 Å². The number of imidazole rings is 1. The fourth-order valence-corrected chi connectivity index (χ4v) is 4.13. The number of carboxylic acids is 1. The normalized spacial score (nSPS) is 12.4. The molecular weight excluding hydrogens is 469 g/mol. The van der Waals surface area contributed by atoms with Gasteiger partial charge in [0, 0.05) is 34.2 Å². The minimum absolute atomic E-state index is 0.152. The molecule has 1 atom stereocenters. The number of aromatic nitrogens is 3. The zero-order valence-electron chi connectivity index (χ0n) is 17.3. The summed E-state index contributed by atoms with van der Waals surface area (Å²) in [6.07, 6.45) is -1.24. The van der Waals surface area contributed by atoms with Crippen LogP contribution in [-0.2, 0) is 11.0 Å². The van der Waals surface area contributed by atoms with Gasteiger partial charge in [-0.2, -0.15) is 13.2 Å². The number of aliphatic carboxylic acids is 1. The number of benzene rings is 2. The van der Waals surface area contributed by atoms with E-state index in [1.165, 1.54) is 18.2 Å². The van der Waals surface area contributed by atoms with E-state index in [0.29, 0.717) is 16.9 Å². The number of nitrogens with one attached hydrogen (secondary N) is 2. The van der Waals surface area contributed by atoms with Crippen LogP contribution in [0.3, 0.4) is 0 Å². The summed E-state index contributed by atoms with van der Waals surface area (Å²) >= 11 is 0.911. The lowest BCUT2D eigenvalue weighted by atomic mass is 10.1. The largest absolute Gasteiger partial charge is 0.480 e. The van der Waals surface area contributed by atoms with E-state index in [0.717, 1.165) is 29.5 Å². The lowest BCUT2D eigenvalue weighted by Gasteiger charge is -2.15. The maximum Gasteiger partial charge on any atom is 0.416 e.